The zero-order chi connectivity index (χ0) is 7.56. The fourth-order valence-electron chi connectivity index (χ4n) is 0.998. The van der Waals surface area contributed by atoms with E-state index in [4.69, 9.17) is 5.11 Å². The van der Waals surface area contributed by atoms with Crippen LogP contribution < -0.4 is 0 Å². The lowest BCUT2D eigenvalue weighted by atomic mass is 10.2. The summed E-state index contributed by atoms with van der Waals surface area (Å²) >= 11 is 0. The van der Waals surface area contributed by atoms with Gasteiger partial charge >= 0.3 is 6.16 Å². The monoisotopic (exact) mass is 145 g/mol. The van der Waals surface area contributed by atoms with Gasteiger partial charge in [-0.15, -0.1) is 0 Å². The Kier molecular flexibility index (Phi) is 2.11. The van der Waals surface area contributed by atoms with E-state index in [9.17, 15) is 4.79 Å². The maximum Gasteiger partial charge on any atom is 0.506 e. The first-order valence-electron chi connectivity index (χ1n) is 3.34. The fourth-order valence-corrected chi connectivity index (χ4v) is 0.998. The number of nitrogens with zero attached hydrogens (tertiary/aromatic N) is 1. The highest BCUT2D eigenvalue weighted by Gasteiger charge is 2.28. The Balaban J connectivity index is 2.08. The molecule has 1 saturated heterocycles. The molecule has 1 fully saturated rings. The minimum Gasteiger partial charge on any atom is -0.450 e. The van der Waals surface area contributed by atoms with Gasteiger partial charge in [0.05, 0.1) is 0 Å². The third kappa shape index (κ3) is 1.60. The van der Waals surface area contributed by atoms with Crippen LogP contribution in [0.5, 0.6) is 0 Å². The Morgan fingerprint density at radius 3 is 2.80 bits per heavy atom. The highest BCUT2D eigenvalue weighted by molar-refractivity contribution is 5.57. The van der Waals surface area contributed by atoms with Gasteiger partial charge in [0.1, 0.15) is 6.10 Å². The van der Waals surface area contributed by atoms with Gasteiger partial charge in [-0.1, -0.05) is 6.92 Å². The molecule has 1 heterocycles. The summed E-state index contributed by atoms with van der Waals surface area (Å²) in [6, 6.07) is 0. The van der Waals surface area contributed by atoms with Gasteiger partial charge in [-0.2, -0.15) is 0 Å². The maximum absolute atomic E-state index is 9.96. The molecular weight excluding hydrogens is 134 g/mol. The van der Waals surface area contributed by atoms with E-state index in [1.807, 2.05) is 6.92 Å². The Labute approximate surface area is 59.4 Å². The van der Waals surface area contributed by atoms with Crippen LogP contribution in [0.3, 0.4) is 0 Å². The highest BCUT2D eigenvalue weighted by atomic mass is 16.7. The van der Waals surface area contributed by atoms with Crippen LogP contribution in [0.2, 0.25) is 0 Å². The molecule has 0 radical (unpaired) electrons. The lowest BCUT2D eigenvalue weighted by molar-refractivity contribution is -0.0306. The largest absolute Gasteiger partial charge is 0.506 e. The van der Waals surface area contributed by atoms with Crippen molar-refractivity contribution in [1.82, 2.24) is 4.90 Å². The van der Waals surface area contributed by atoms with Gasteiger partial charge < -0.3 is 9.84 Å². The summed E-state index contributed by atoms with van der Waals surface area (Å²) < 4.78 is 4.49. The van der Waals surface area contributed by atoms with Crippen LogP contribution in [0.15, 0.2) is 0 Å². The number of carbonyl (C=O) groups is 1. The van der Waals surface area contributed by atoms with E-state index < -0.39 is 6.16 Å². The summed E-state index contributed by atoms with van der Waals surface area (Å²) in [4.78, 5) is 12.1. The molecule has 0 aromatic rings. The quantitative estimate of drug-likeness (QED) is 0.571. The highest BCUT2D eigenvalue weighted by Crippen LogP contribution is 2.10. The van der Waals surface area contributed by atoms with Crippen LogP contribution in [0.4, 0.5) is 4.79 Å². The van der Waals surface area contributed by atoms with Crippen LogP contribution >= 0.6 is 0 Å². The predicted molar refractivity (Wildman–Crippen MR) is 35.0 cm³/mol. The number of likely N-dealkylation sites (N-methyl/N-ethyl adjacent to an activating group) is 1. The number of carboxylic acid groups (broad SMARTS) is 1. The van der Waals surface area contributed by atoms with E-state index in [-0.39, 0.29) is 6.10 Å². The summed E-state index contributed by atoms with van der Waals surface area (Å²) in [5.41, 5.74) is 0. The predicted octanol–water partition coefficient (Wildman–Crippen LogP) is 0.385. The molecule has 58 valence electrons. The first-order valence-corrected chi connectivity index (χ1v) is 3.34. The summed E-state index contributed by atoms with van der Waals surface area (Å²) in [7, 11) is 0. The van der Waals surface area contributed by atoms with Crippen molar-refractivity contribution in [2.45, 2.75) is 13.0 Å². The molecule has 0 aromatic heterocycles. The van der Waals surface area contributed by atoms with Gasteiger partial charge in [-0.05, 0) is 6.54 Å². The molecule has 0 unspecified atom stereocenters. The summed E-state index contributed by atoms with van der Waals surface area (Å²) in [5.74, 6) is 0. The number of likely N-dealkylation sites (tertiary alicyclic amines) is 1. The van der Waals surface area contributed by atoms with Gasteiger partial charge in [-0.25, -0.2) is 4.79 Å². The molecule has 1 rings (SSSR count). The van der Waals surface area contributed by atoms with Crippen molar-refractivity contribution in [3.8, 4) is 0 Å². The topological polar surface area (TPSA) is 49.8 Å². The smallest absolute Gasteiger partial charge is 0.450 e. The average Bonchev–Trinajstić information content (AvgIpc) is 1.76. The molecule has 4 heteroatoms. The second-order valence-electron chi connectivity index (χ2n) is 2.36. The van der Waals surface area contributed by atoms with E-state index >= 15 is 0 Å². The Morgan fingerprint density at radius 1 is 1.80 bits per heavy atom. The zero-order valence-electron chi connectivity index (χ0n) is 5.91. The van der Waals surface area contributed by atoms with Gasteiger partial charge in [0, 0.05) is 13.1 Å². The number of hydrogen-bond acceptors (Lipinski definition) is 3. The van der Waals surface area contributed by atoms with E-state index in [0.29, 0.717) is 0 Å². The molecule has 1 aliphatic heterocycles. The molecule has 0 spiro atoms. The van der Waals surface area contributed by atoms with Crippen LogP contribution in [-0.2, 0) is 4.74 Å². The molecule has 0 atom stereocenters. The van der Waals surface area contributed by atoms with E-state index in [1.54, 1.807) is 0 Å². The Morgan fingerprint density at radius 2 is 2.40 bits per heavy atom. The third-order valence-electron chi connectivity index (χ3n) is 1.64. The molecule has 0 aromatic carbocycles. The fraction of sp³-hybridized carbons (Fsp3) is 0.833. The first-order chi connectivity index (χ1) is 4.72. The van der Waals surface area contributed by atoms with E-state index in [1.165, 1.54) is 0 Å². The lowest BCUT2D eigenvalue weighted by Gasteiger charge is -2.36. The van der Waals surface area contributed by atoms with Crippen LogP contribution in [0.25, 0.3) is 0 Å². The van der Waals surface area contributed by atoms with E-state index in [2.05, 4.69) is 9.64 Å². The van der Waals surface area contributed by atoms with Crippen molar-refractivity contribution in [3.63, 3.8) is 0 Å². The van der Waals surface area contributed by atoms with Crippen molar-refractivity contribution in [2.24, 2.45) is 0 Å². The Hall–Kier alpha value is -0.770. The minimum atomic E-state index is -1.17. The van der Waals surface area contributed by atoms with Gasteiger partial charge in [-0.3, -0.25) is 4.90 Å². The minimum absolute atomic E-state index is 0.0857. The molecule has 0 amide bonds. The van der Waals surface area contributed by atoms with Crippen molar-refractivity contribution in [1.29, 1.82) is 0 Å². The first kappa shape index (κ1) is 7.34. The van der Waals surface area contributed by atoms with Crippen LogP contribution in [0, 0.1) is 0 Å². The van der Waals surface area contributed by atoms with Gasteiger partial charge in [0.25, 0.3) is 0 Å². The lowest BCUT2D eigenvalue weighted by Crippen LogP contribution is -2.52. The van der Waals surface area contributed by atoms with Crippen molar-refractivity contribution in [2.75, 3.05) is 19.6 Å². The van der Waals surface area contributed by atoms with Crippen LogP contribution in [0.1, 0.15) is 6.92 Å². The average molecular weight is 145 g/mol. The van der Waals surface area contributed by atoms with Gasteiger partial charge in [0.2, 0.25) is 0 Å². The molecule has 0 aliphatic carbocycles. The third-order valence-corrected chi connectivity index (χ3v) is 1.64. The van der Waals surface area contributed by atoms with Crippen molar-refractivity contribution >= 4 is 6.16 Å². The van der Waals surface area contributed by atoms with Gasteiger partial charge in [0.15, 0.2) is 0 Å². The maximum atomic E-state index is 9.96. The van der Waals surface area contributed by atoms with E-state index in [0.717, 1.165) is 19.6 Å². The molecule has 1 N–H and O–H groups in total. The second-order valence-corrected chi connectivity index (χ2v) is 2.36. The number of ether oxygens (including phenoxy) is 1. The SMILES string of the molecule is CCN1CC(OC(=O)O)C1. The second kappa shape index (κ2) is 2.88. The number of rotatable bonds is 2. The summed E-state index contributed by atoms with van der Waals surface area (Å²) in [6.45, 7) is 4.52. The van der Waals surface area contributed by atoms with Crippen LogP contribution in [-0.4, -0.2) is 41.9 Å². The molecule has 0 saturated carbocycles. The Bertz CT molecular complexity index is 131. The van der Waals surface area contributed by atoms with Crippen molar-refractivity contribution in [3.05, 3.63) is 0 Å². The standard InChI is InChI=1S/C6H11NO3/c1-2-7-3-5(4-7)10-6(8)9/h5H,2-4H2,1H3,(H,8,9). The zero-order valence-corrected chi connectivity index (χ0v) is 5.91. The van der Waals surface area contributed by atoms with Crippen molar-refractivity contribution < 1.29 is 14.6 Å². The summed E-state index contributed by atoms with van der Waals surface area (Å²) in [5, 5.41) is 8.17. The molecule has 4 nitrogen and oxygen atoms in total. The normalized spacial score (nSPS) is 20.1. The number of hydrogen-bond donors (Lipinski definition) is 1. The molecular formula is C6H11NO3. The molecule has 10 heavy (non-hydrogen) atoms. The molecule has 0 bridgehead atoms. The summed E-state index contributed by atoms with van der Waals surface area (Å²) in [6.07, 6.45) is -1.25. The molecule has 1 aliphatic rings.